The number of phenolic OH excluding ortho intramolecular Hbond substituents is 1. The Labute approximate surface area is 77.0 Å². The zero-order valence-corrected chi connectivity index (χ0v) is 7.49. The normalized spacial score (nSPS) is 9.92. The van der Waals surface area contributed by atoms with Gasteiger partial charge in [-0.2, -0.15) is 0 Å². The standard InChI is InChI=1S/C10H12O3/c1-13-7-10(12)6-8-3-2-4-9(11)5-8/h2-5,11H,6-7H2,1H3. The highest BCUT2D eigenvalue weighted by Gasteiger charge is 2.02. The van der Waals surface area contributed by atoms with E-state index < -0.39 is 0 Å². The Hall–Kier alpha value is -1.35. The van der Waals surface area contributed by atoms with Crippen molar-refractivity contribution in [2.45, 2.75) is 6.42 Å². The Morgan fingerprint density at radius 1 is 1.54 bits per heavy atom. The van der Waals surface area contributed by atoms with Crippen LogP contribution in [0, 0.1) is 0 Å². The minimum Gasteiger partial charge on any atom is -0.508 e. The van der Waals surface area contributed by atoms with Crippen LogP contribution in [-0.2, 0) is 16.0 Å². The average molecular weight is 180 g/mol. The van der Waals surface area contributed by atoms with Gasteiger partial charge in [0, 0.05) is 13.5 Å². The monoisotopic (exact) mass is 180 g/mol. The van der Waals surface area contributed by atoms with E-state index in [1.807, 2.05) is 0 Å². The lowest BCUT2D eigenvalue weighted by Gasteiger charge is -2.00. The quantitative estimate of drug-likeness (QED) is 0.756. The summed E-state index contributed by atoms with van der Waals surface area (Å²) >= 11 is 0. The molecule has 0 unspecified atom stereocenters. The smallest absolute Gasteiger partial charge is 0.162 e. The molecule has 1 rings (SSSR count). The van der Waals surface area contributed by atoms with Gasteiger partial charge in [-0.3, -0.25) is 4.79 Å². The number of hydrogen-bond donors (Lipinski definition) is 1. The highest BCUT2D eigenvalue weighted by molar-refractivity contribution is 5.82. The van der Waals surface area contributed by atoms with Crippen molar-refractivity contribution in [1.29, 1.82) is 0 Å². The number of aromatic hydroxyl groups is 1. The second kappa shape index (κ2) is 4.62. The van der Waals surface area contributed by atoms with Gasteiger partial charge < -0.3 is 9.84 Å². The summed E-state index contributed by atoms with van der Waals surface area (Å²) in [4.78, 5) is 11.1. The molecule has 1 aromatic rings. The topological polar surface area (TPSA) is 46.5 Å². The Bertz CT molecular complexity index is 294. The summed E-state index contributed by atoms with van der Waals surface area (Å²) < 4.78 is 4.69. The second-order valence-corrected chi connectivity index (χ2v) is 2.82. The fraction of sp³-hybridized carbons (Fsp3) is 0.300. The molecule has 0 heterocycles. The van der Waals surface area contributed by atoms with Crippen LogP contribution in [0.15, 0.2) is 24.3 Å². The summed E-state index contributed by atoms with van der Waals surface area (Å²) in [6.45, 7) is 0.121. The number of benzene rings is 1. The molecule has 1 N–H and O–H groups in total. The van der Waals surface area contributed by atoms with Gasteiger partial charge in [0.15, 0.2) is 5.78 Å². The fourth-order valence-corrected chi connectivity index (χ4v) is 1.11. The van der Waals surface area contributed by atoms with Gasteiger partial charge in [0.1, 0.15) is 12.4 Å². The van der Waals surface area contributed by atoms with Crippen LogP contribution < -0.4 is 0 Å². The van der Waals surface area contributed by atoms with E-state index in [2.05, 4.69) is 0 Å². The Morgan fingerprint density at radius 2 is 2.31 bits per heavy atom. The highest BCUT2D eigenvalue weighted by atomic mass is 16.5. The minimum absolute atomic E-state index is 0.00750. The number of ketones is 1. The SMILES string of the molecule is COCC(=O)Cc1cccc(O)c1. The van der Waals surface area contributed by atoms with E-state index in [-0.39, 0.29) is 18.1 Å². The number of ether oxygens (including phenoxy) is 1. The minimum atomic E-state index is 0.00750. The van der Waals surface area contributed by atoms with Gasteiger partial charge in [-0.25, -0.2) is 0 Å². The van der Waals surface area contributed by atoms with Crippen LogP contribution in [-0.4, -0.2) is 24.6 Å². The van der Waals surface area contributed by atoms with Crippen molar-refractivity contribution in [2.24, 2.45) is 0 Å². The van der Waals surface area contributed by atoms with Crippen molar-refractivity contribution in [3.63, 3.8) is 0 Å². The molecule has 0 aliphatic carbocycles. The predicted molar refractivity (Wildman–Crippen MR) is 48.7 cm³/mol. The van der Waals surface area contributed by atoms with Crippen molar-refractivity contribution in [3.8, 4) is 5.75 Å². The summed E-state index contributed by atoms with van der Waals surface area (Å²) in [7, 11) is 1.49. The van der Waals surface area contributed by atoms with Crippen LogP contribution in [0.3, 0.4) is 0 Å². The molecule has 0 amide bonds. The lowest BCUT2D eigenvalue weighted by molar-refractivity contribution is -0.121. The molecule has 3 heteroatoms. The van der Waals surface area contributed by atoms with Gasteiger partial charge in [0.25, 0.3) is 0 Å². The van der Waals surface area contributed by atoms with Gasteiger partial charge in [0.05, 0.1) is 0 Å². The van der Waals surface area contributed by atoms with Crippen molar-refractivity contribution in [3.05, 3.63) is 29.8 Å². The van der Waals surface area contributed by atoms with Crippen molar-refractivity contribution >= 4 is 5.78 Å². The number of methoxy groups -OCH3 is 1. The number of carbonyl (C=O) groups is 1. The summed E-state index contributed by atoms with van der Waals surface area (Å²) in [5.41, 5.74) is 0.807. The zero-order valence-electron chi connectivity index (χ0n) is 7.49. The molecule has 3 nitrogen and oxygen atoms in total. The van der Waals surface area contributed by atoms with Crippen LogP contribution in [0.25, 0.3) is 0 Å². The van der Waals surface area contributed by atoms with Gasteiger partial charge in [-0.15, -0.1) is 0 Å². The summed E-state index contributed by atoms with van der Waals surface area (Å²) in [6.07, 6.45) is 0.308. The van der Waals surface area contributed by atoms with Gasteiger partial charge in [-0.05, 0) is 17.7 Å². The molecule has 0 fully saturated rings. The lowest BCUT2D eigenvalue weighted by atomic mass is 10.1. The zero-order chi connectivity index (χ0) is 9.68. The van der Waals surface area contributed by atoms with Crippen LogP contribution in [0.2, 0.25) is 0 Å². The van der Waals surface area contributed by atoms with Crippen molar-refractivity contribution in [1.82, 2.24) is 0 Å². The molecular formula is C10H12O3. The van der Waals surface area contributed by atoms with Gasteiger partial charge >= 0.3 is 0 Å². The first-order chi connectivity index (χ1) is 6.22. The summed E-state index contributed by atoms with van der Waals surface area (Å²) in [6, 6.07) is 6.66. The molecule has 0 saturated carbocycles. The Kier molecular flexibility index (Phi) is 3.46. The number of Topliss-reactive ketones (excluding diaryl/α,β-unsaturated/α-hetero) is 1. The Morgan fingerprint density at radius 3 is 2.92 bits per heavy atom. The number of hydrogen-bond acceptors (Lipinski definition) is 3. The maximum absolute atomic E-state index is 11.1. The highest BCUT2D eigenvalue weighted by Crippen LogP contribution is 2.11. The fourth-order valence-electron chi connectivity index (χ4n) is 1.11. The first-order valence-corrected chi connectivity index (χ1v) is 4.01. The van der Waals surface area contributed by atoms with Crippen LogP contribution in [0.4, 0.5) is 0 Å². The van der Waals surface area contributed by atoms with E-state index in [1.165, 1.54) is 7.11 Å². The molecule has 0 aliphatic heterocycles. The third-order valence-corrected chi connectivity index (χ3v) is 1.62. The molecular weight excluding hydrogens is 168 g/mol. The van der Waals surface area contributed by atoms with Crippen LogP contribution in [0.1, 0.15) is 5.56 Å². The van der Waals surface area contributed by atoms with Crippen LogP contribution in [0.5, 0.6) is 5.75 Å². The second-order valence-electron chi connectivity index (χ2n) is 2.82. The molecule has 0 radical (unpaired) electrons. The molecule has 1 aromatic carbocycles. The van der Waals surface area contributed by atoms with E-state index in [9.17, 15) is 4.79 Å². The maximum Gasteiger partial charge on any atom is 0.162 e. The molecule has 0 bridgehead atoms. The first kappa shape index (κ1) is 9.74. The van der Waals surface area contributed by atoms with Gasteiger partial charge in [-0.1, -0.05) is 12.1 Å². The Balaban J connectivity index is 2.58. The molecule has 70 valence electrons. The van der Waals surface area contributed by atoms with Crippen molar-refractivity contribution < 1.29 is 14.6 Å². The molecule has 13 heavy (non-hydrogen) atoms. The first-order valence-electron chi connectivity index (χ1n) is 4.01. The number of carbonyl (C=O) groups excluding carboxylic acids is 1. The van der Waals surface area contributed by atoms with Crippen LogP contribution >= 0.6 is 0 Å². The largest absolute Gasteiger partial charge is 0.508 e. The third kappa shape index (κ3) is 3.25. The average Bonchev–Trinajstić information content (AvgIpc) is 2.04. The van der Waals surface area contributed by atoms with Crippen molar-refractivity contribution in [2.75, 3.05) is 13.7 Å². The molecule has 0 saturated heterocycles. The number of phenols is 1. The number of rotatable bonds is 4. The van der Waals surface area contributed by atoms with E-state index in [1.54, 1.807) is 24.3 Å². The van der Waals surface area contributed by atoms with E-state index in [0.717, 1.165) is 5.56 Å². The molecule has 0 spiro atoms. The summed E-state index contributed by atoms with van der Waals surface area (Å²) in [5.74, 6) is 0.191. The van der Waals surface area contributed by atoms with E-state index in [0.29, 0.717) is 6.42 Å². The third-order valence-electron chi connectivity index (χ3n) is 1.62. The lowest BCUT2D eigenvalue weighted by Crippen LogP contribution is -2.09. The maximum atomic E-state index is 11.1. The van der Waals surface area contributed by atoms with E-state index >= 15 is 0 Å². The predicted octanol–water partition coefficient (Wildman–Crippen LogP) is 1.15. The summed E-state index contributed by atoms with van der Waals surface area (Å²) in [5, 5.41) is 9.11. The molecule has 0 aromatic heterocycles. The molecule has 0 aliphatic rings. The van der Waals surface area contributed by atoms with E-state index in [4.69, 9.17) is 9.84 Å². The molecule has 0 atom stereocenters. The van der Waals surface area contributed by atoms with Gasteiger partial charge in [0.2, 0.25) is 0 Å².